The lowest BCUT2D eigenvalue weighted by Crippen LogP contribution is -2.00. The van der Waals surface area contributed by atoms with Crippen LogP contribution in [0.3, 0.4) is 0 Å². The van der Waals surface area contributed by atoms with Crippen molar-refractivity contribution < 1.29 is 17.6 Å². The Kier molecular flexibility index (Phi) is 2.86. The standard InChI is InChI=1S/C6H2F4IN/c7-3-2(11)1-12-5(4(3)8)6(9)10/h1,6H. The number of aromatic nitrogens is 1. The highest BCUT2D eigenvalue weighted by atomic mass is 127. The summed E-state index contributed by atoms with van der Waals surface area (Å²) >= 11 is 1.47. The van der Waals surface area contributed by atoms with Crippen LogP contribution in [0.4, 0.5) is 17.6 Å². The molecule has 0 aliphatic rings. The van der Waals surface area contributed by atoms with E-state index in [-0.39, 0.29) is 3.57 Å². The van der Waals surface area contributed by atoms with E-state index < -0.39 is 23.8 Å². The van der Waals surface area contributed by atoms with Gasteiger partial charge in [0.1, 0.15) is 5.69 Å². The molecule has 0 aromatic carbocycles. The highest BCUT2D eigenvalue weighted by molar-refractivity contribution is 14.1. The van der Waals surface area contributed by atoms with Gasteiger partial charge >= 0.3 is 0 Å². The van der Waals surface area contributed by atoms with Crippen molar-refractivity contribution >= 4 is 22.6 Å². The van der Waals surface area contributed by atoms with Crippen LogP contribution in [-0.2, 0) is 0 Å². The topological polar surface area (TPSA) is 12.9 Å². The zero-order valence-corrected chi connectivity index (χ0v) is 7.65. The second-order valence-corrected chi connectivity index (χ2v) is 3.08. The molecule has 0 bridgehead atoms. The van der Waals surface area contributed by atoms with Gasteiger partial charge in [0.25, 0.3) is 6.43 Å². The molecule has 1 rings (SSSR count). The molecule has 0 saturated carbocycles. The van der Waals surface area contributed by atoms with Crippen LogP contribution in [0, 0.1) is 15.2 Å². The molecule has 12 heavy (non-hydrogen) atoms. The monoisotopic (exact) mass is 291 g/mol. The van der Waals surface area contributed by atoms with E-state index in [2.05, 4.69) is 4.98 Å². The molecule has 0 fully saturated rings. The third-order valence-corrected chi connectivity index (χ3v) is 1.90. The number of rotatable bonds is 1. The molecule has 1 nitrogen and oxygen atoms in total. The Morgan fingerprint density at radius 1 is 1.25 bits per heavy atom. The maximum absolute atomic E-state index is 12.6. The first kappa shape index (κ1) is 9.69. The van der Waals surface area contributed by atoms with Crippen LogP contribution >= 0.6 is 22.6 Å². The van der Waals surface area contributed by atoms with Gasteiger partial charge in [0.15, 0.2) is 11.6 Å². The minimum absolute atomic E-state index is 0.116. The summed E-state index contributed by atoms with van der Waals surface area (Å²) in [5, 5.41) is 0. The smallest absolute Gasteiger partial charge is 0.251 e. The van der Waals surface area contributed by atoms with Gasteiger partial charge in [-0.2, -0.15) is 0 Å². The minimum atomic E-state index is -3.09. The van der Waals surface area contributed by atoms with Gasteiger partial charge in [-0.3, -0.25) is 4.98 Å². The molecule has 0 aliphatic heterocycles. The summed E-state index contributed by atoms with van der Waals surface area (Å²) < 4.78 is 48.8. The fourth-order valence-corrected chi connectivity index (χ4v) is 0.985. The van der Waals surface area contributed by atoms with E-state index >= 15 is 0 Å². The number of halogens is 5. The van der Waals surface area contributed by atoms with Gasteiger partial charge in [0.2, 0.25) is 0 Å². The van der Waals surface area contributed by atoms with Crippen molar-refractivity contribution in [1.82, 2.24) is 4.98 Å². The van der Waals surface area contributed by atoms with Gasteiger partial charge in [0, 0.05) is 6.20 Å². The lowest BCUT2D eigenvalue weighted by Gasteiger charge is -2.01. The fraction of sp³-hybridized carbons (Fsp3) is 0.167. The number of hydrogen-bond acceptors (Lipinski definition) is 1. The molecule has 66 valence electrons. The summed E-state index contributed by atoms with van der Waals surface area (Å²) in [5.41, 5.74) is -1.15. The first-order valence-electron chi connectivity index (χ1n) is 2.81. The Labute approximate surface area is 78.9 Å². The van der Waals surface area contributed by atoms with Gasteiger partial charge in [0.05, 0.1) is 3.57 Å². The third-order valence-electron chi connectivity index (χ3n) is 1.15. The van der Waals surface area contributed by atoms with Gasteiger partial charge < -0.3 is 0 Å². The van der Waals surface area contributed by atoms with Crippen LogP contribution in [0.25, 0.3) is 0 Å². The van der Waals surface area contributed by atoms with Crippen molar-refractivity contribution in [3.8, 4) is 0 Å². The first-order chi connectivity index (χ1) is 5.54. The van der Waals surface area contributed by atoms with E-state index in [0.717, 1.165) is 6.20 Å². The van der Waals surface area contributed by atoms with Crippen molar-refractivity contribution in [2.75, 3.05) is 0 Å². The van der Waals surface area contributed by atoms with Crippen molar-refractivity contribution in [1.29, 1.82) is 0 Å². The normalized spacial score (nSPS) is 10.8. The Hall–Kier alpha value is -0.400. The van der Waals surface area contributed by atoms with E-state index in [1.807, 2.05) is 0 Å². The predicted molar refractivity (Wildman–Crippen MR) is 41.8 cm³/mol. The molecule has 1 aromatic heterocycles. The van der Waals surface area contributed by atoms with Gasteiger partial charge in [-0.25, -0.2) is 17.6 Å². The quantitative estimate of drug-likeness (QED) is 0.572. The van der Waals surface area contributed by atoms with Crippen molar-refractivity contribution in [3.63, 3.8) is 0 Å². The second kappa shape index (κ2) is 3.55. The van der Waals surface area contributed by atoms with Crippen molar-refractivity contribution in [2.45, 2.75) is 6.43 Å². The third kappa shape index (κ3) is 1.67. The van der Waals surface area contributed by atoms with Crippen LogP contribution in [0.15, 0.2) is 6.20 Å². The molecule has 1 aromatic rings. The summed E-state index contributed by atoms with van der Waals surface area (Å²) in [6, 6.07) is 0. The summed E-state index contributed by atoms with van der Waals surface area (Å²) in [6.45, 7) is 0. The van der Waals surface area contributed by atoms with Crippen LogP contribution < -0.4 is 0 Å². The largest absolute Gasteiger partial charge is 0.283 e. The summed E-state index contributed by atoms with van der Waals surface area (Å²) in [5.74, 6) is -2.85. The van der Waals surface area contributed by atoms with E-state index in [0.29, 0.717) is 0 Å². The van der Waals surface area contributed by atoms with Crippen LogP contribution in [-0.4, -0.2) is 4.98 Å². The van der Waals surface area contributed by atoms with Crippen molar-refractivity contribution in [3.05, 3.63) is 27.1 Å². The Balaban J connectivity index is 3.27. The molecular formula is C6H2F4IN. The first-order valence-corrected chi connectivity index (χ1v) is 3.89. The average molecular weight is 291 g/mol. The molecule has 0 atom stereocenters. The van der Waals surface area contributed by atoms with E-state index in [9.17, 15) is 17.6 Å². The predicted octanol–water partition coefficient (Wildman–Crippen LogP) is 2.90. The lowest BCUT2D eigenvalue weighted by atomic mass is 10.3. The molecule has 1 heterocycles. The molecule has 0 aliphatic carbocycles. The summed E-state index contributed by atoms with van der Waals surface area (Å²) in [4.78, 5) is 3.07. The highest BCUT2D eigenvalue weighted by Crippen LogP contribution is 2.23. The molecular weight excluding hydrogens is 289 g/mol. The minimum Gasteiger partial charge on any atom is -0.251 e. The molecule has 0 N–H and O–H groups in total. The molecule has 0 unspecified atom stereocenters. The van der Waals surface area contributed by atoms with Crippen LogP contribution in [0.1, 0.15) is 12.1 Å². The van der Waals surface area contributed by atoms with Crippen LogP contribution in [0.5, 0.6) is 0 Å². The Bertz CT molecular complexity index is 302. The van der Waals surface area contributed by atoms with Gasteiger partial charge in [-0.15, -0.1) is 0 Å². The summed E-state index contributed by atoms with van der Waals surface area (Å²) in [7, 11) is 0. The lowest BCUT2D eigenvalue weighted by molar-refractivity contribution is 0.139. The SMILES string of the molecule is Fc1c(I)cnc(C(F)F)c1F. The number of alkyl halides is 2. The average Bonchev–Trinajstić information content (AvgIpc) is 2.00. The molecule has 0 spiro atoms. The molecule has 0 amide bonds. The second-order valence-electron chi connectivity index (χ2n) is 1.92. The number of pyridine rings is 1. The van der Waals surface area contributed by atoms with Crippen molar-refractivity contribution in [2.24, 2.45) is 0 Å². The molecule has 6 heteroatoms. The maximum Gasteiger partial charge on any atom is 0.283 e. The fourth-order valence-electron chi connectivity index (χ4n) is 0.609. The molecule has 0 saturated heterocycles. The summed E-state index contributed by atoms with van der Waals surface area (Å²) in [6.07, 6.45) is -2.23. The Morgan fingerprint density at radius 2 is 1.83 bits per heavy atom. The van der Waals surface area contributed by atoms with E-state index in [1.165, 1.54) is 22.6 Å². The van der Waals surface area contributed by atoms with Crippen LogP contribution in [0.2, 0.25) is 0 Å². The molecule has 0 radical (unpaired) electrons. The zero-order valence-electron chi connectivity index (χ0n) is 5.49. The number of nitrogens with zero attached hydrogens (tertiary/aromatic N) is 1. The van der Waals surface area contributed by atoms with Gasteiger partial charge in [-0.05, 0) is 22.6 Å². The zero-order chi connectivity index (χ0) is 9.30. The highest BCUT2D eigenvalue weighted by Gasteiger charge is 2.20. The number of hydrogen-bond donors (Lipinski definition) is 0. The maximum atomic E-state index is 12.6. The Morgan fingerprint density at radius 3 is 2.33 bits per heavy atom. The van der Waals surface area contributed by atoms with E-state index in [4.69, 9.17) is 0 Å². The van der Waals surface area contributed by atoms with E-state index in [1.54, 1.807) is 0 Å². The van der Waals surface area contributed by atoms with Gasteiger partial charge in [-0.1, -0.05) is 0 Å².